The molecule has 48 heavy (non-hydrogen) atoms. The van der Waals surface area contributed by atoms with E-state index in [1.54, 1.807) is 36.4 Å². The monoisotopic (exact) mass is 672 g/mol. The van der Waals surface area contributed by atoms with E-state index in [4.69, 9.17) is 0 Å². The highest BCUT2D eigenvalue weighted by molar-refractivity contribution is 6.01. The van der Waals surface area contributed by atoms with Gasteiger partial charge in [0.2, 0.25) is 5.91 Å². The molecule has 3 heterocycles. The second-order valence-corrected chi connectivity index (χ2v) is 11.3. The minimum atomic E-state index is -4.77. The molecule has 2 aromatic carbocycles. The number of carbonyl (C=O) groups is 2. The lowest BCUT2D eigenvalue weighted by molar-refractivity contribution is -0.162. The molecule has 2 N–H and O–H groups in total. The van der Waals surface area contributed by atoms with Gasteiger partial charge in [0, 0.05) is 55.6 Å². The number of alkyl halides is 6. The van der Waals surface area contributed by atoms with E-state index >= 15 is 0 Å². The Hall–Kier alpha value is -4.89. The molecule has 0 aliphatic carbocycles. The molecule has 4 aromatic rings. The number of aliphatic hydroxyl groups is 1. The number of benzene rings is 2. The van der Waals surface area contributed by atoms with Gasteiger partial charge in [-0.15, -0.1) is 0 Å². The van der Waals surface area contributed by atoms with Gasteiger partial charge in [-0.2, -0.15) is 26.3 Å². The minimum Gasteiger partial charge on any atom is -0.372 e. The average Bonchev–Trinajstić information content (AvgIpc) is 3.04. The van der Waals surface area contributed by atoms with E-state index in [9.17, 15) is 41.0 Å². The first-order valence-corrected chi connectivity index (χ1v) is 14.8. The highest BCUT2D eigenvalue weighted by Crippen LogP contribution is 2.40. The SMILES string of the molecule is Cc1c(-c2ccccc2C(O)(C(=O)Nc2cc(CN3CCN(C(=O)CC(F)(F)F)CC3)ccn2)c2ccccc2)ncnc1C(F)(F)F. The number of carbonyl (C=O) groups excluding carboxylic acids is 2. The largest absolute Gasteiger partial charge is 0.433 e. The van der Waals surface area contributed by atoms with Crippen molar-refractivity contribution >= 4 is 17.6 Å². The lowest BCUT2D eigenvalue weighted by Gasteiger charge is -2.35. The Balaban J connectivity index is 1.41. The van der Waals surface area contributed by atoms with Gasteiger partial charge in [-0.1, -0.05) is 54.6 Å². The number of hydrogen-bond donors (Lipinski definition) is 2. The van der Waals surface area contributed by atoms with Crippen molar-refractivity contribution in [3.8, 4) is 11.3 Å². The minimum absolute atomic E-state index is 0.0299. The van der Waals surface area contributed by atoms with Crippen molar-refractivity contribution in [2.45, 2.75) is 37.8 Å². The number of pyridine rings is 1. The van der Waals surface area contributed by atoms with Crippen LogP contribution < -0.4 is 5.32 Å². The molecule has 0 bridgehead atoms. The second-order valence-electron chi connectivity index (χ2n) is 11.3. The Morgan fingerprint density at radius 3 is 2.21 bits per heavy atom. The van der Waals surface area contributed by atoms with E-state index in [0.717, 1.165) is 6.33 Å². The first kappa shape index (κ1) is 34.4. The maximum Gasteiger partial charge on any atom is 0.433 e. The van der Waals surface area contributed by atoms with Gasteiger partial charge in [-0.3, -0.25) is 14.5 Å². The first-order valence-electron chi connectivity index (χ1n) is 14.8. The van der Waals surface area contributed by atoms with Crippen molar-refractivity contribution < 1.29 is 41.0 Å². The van der Waals surface area contributed by atoms with E-state index in [1.165, 1.54) is 48.4 Å². The first-order chi connectivity index (χ1) is 22.7. The summed E-state index contributed by atoms with van der Waals surface area (Å²) in [6.07, 6.45) is -8.63. The third-order valence-electron chi connectivity index (χ3n) is 7.99. The molecule has 0 saturated carbocycles. The van der Waals surface area contributed by atoms with E-state index < -0.39 is 41.9 Å². The van der Waals surface area contributed by atoms with Crippen LogP contribution in [0, 0.1) is 6.92 Å². The predicted octanol–water partition coefficient (Wildman–Crippen LogP) is 5.34. The number of nitrogens with zero attached hydrogens (tertiary/aromatic N) is 5. The normalized spacial score (nSPS) is 15.5. The highest BCUT2D eigenvalue weighted by Gasteiger charge is 2.43. The molecule has 2 aromatic heterocycles. The summed E-state index contributed by atoms with van der Waals surface area (Å²) in [6.45, 7) is 2.47. The number of rotatable bonds is 8. The molecule has 252 valence electrons. The van der Waals surface area contributed by atoms with Gasteiger partial charge in [-0.05, 0) is 30.2 Å². The van der Waals surface area contributed by atoms with Crippen molar-refractivity contribution in [2.24, 2.45) is 0 Å². The number of halogens is 6. The molecule has 1 unspecified atom stereocenters. The van der Waals surface area contributed by atoms with Gasteiger partial charge >= 0.3 is 12.4 Å². The Morgan fingerprint density at radius 2 is 1.54 bits per heavy atom. The van der Waals surface area contributed by atoms with E-state index in [2.05, 4.69) is 20.3 Å². The van der Waals surface area contributed by atoms with E-state index in [1.807, 2.05) is 4.90 Å². The zero-order valence-electron chi connectivity index (χ0n) is 25.5. The molecular formula is C33H30F6N6O3. The highest BCUT2D eigenvalue weighted by atomic mass is 19.4. The number of hydrogen-bond acceptors (Lipinski definition) is 7. The molecule has 0 radical (unpaired) electrons. The number of nitrogens with one attached hydrogen (secondary N) is 1. The van der Waals surface area contributed by atoms with Crippen LogP contribution in [-0.4, -0.2) is 74.0 Å². The maximum atomic E-state index is 14.1. The van der Waals surface area contributed by atoms with Crippen LogP contribution >= 0.6 is 0 Å². The standard InChI is InChI=1S/C33H30F6N6O3/c1-21-28(41-20-42-29(21)33(37,38)39)24-9-5-6-10-25(24)32(48,23-7-3-2-4-8-23)30(47)43-26-17-22(11-12-40-26)19-44-13-15-45(16-14-44)27(46)18-31(34,35)36/h2-12,17,20,48H,13-16,18-19H2,1H3,(H,40,43,47). The van der Waals surface area contributed by atoms with Crippen LogP contribution in [0.4, 0.5) is 32.2 Å². The van der Waals surface area contributed by atoms with Crippen LogP contribution in [0.2, 0.25) is 0 Å². The molecule has 1 saturated heterocycles. The quantitative estimate of drug-likeness (QED) is 0.243. The van der Waals surface area contributed by atoms with Crippen molar-refractivity contribution in [3.63, 3.8) is 0 Å². The van der Waals surface area contributed by atoms with Crippen LogP contribution in [-0.2, 0) is 27.9 Å². The zero-order valence-corrected chi connectivity index (χ0v) is 25.5. The molecule has 9 nitrogen and oxygen atoms in total. The van der Waals surface area contributed by atoms with Crippen molar-refractivity contribution in [3.05, 3.63) is 107 Å². The molecule has 1 atom stereocenters. The van der Waals surface area contributed by atoms with Crippen LogP contribution in [0.1, 0.15) is 34.4 Å². The number of aromatic nitrogens is 3. The summed E-state index contributed by atoms with van der Waals surface area (Å²) in [7, 11) is 0. The molecule has 2 amide bonds. The number of piperazine rings is 1. The summed E-state index contributed by atoms with van der Waals surface area (Å²) < 4.78 is 79.1. The van der Waals surface area contributed by atoms with E-state index in [-0.39, 0.29) is 46.9 Å². The molecule has 1 fully saturated rings. The second kappa shape index (κ2) is 13.7. The average molecular weight is 673 g/mol. The third-order valence-corrected chi connectivity index (χ3v) is 7.99. The van der Waals surface area contributed by atoms with Gasteiger partial charge in [0.25, 0.3) is 5.91 Å². The smallest absolute Gasteiger partial charge is 0.372 e. The van der Waals surface area contributed by atoms with Gasteiger partial charge < -0.3 is 15.3 Å². The Morgan fingerprint density at radius 1 is 0.875 bits per heavy atom. The van der Waals surface area contributed by atoms with Crippen molar-refractivity contribution in [2.75, 3.05) is 31.5 Å². The van der Waals surface area contributed by atoms with Crippen molar-refractivity contribution in [1.82, 2.24) is 24.8 Å². The Labute approximate surface area is 271 Å². The summed E-state index contributed by atoms with van der Waals surface area (Å²) in [5.74, 6) is -1.84. The zero-order chi connectivity index (χ0) is 34.7. The van der Waals surface area contributed by atoms with Crippen LogP contribution in [0.5, 0.6) is 0 Å². The topological polar surface area (TPSA) is 112 Å². The predicted molar refractivity (Wildman–Crippen MR) is 162 cm³/mol. The fourth-order valence-electron chi connectivity index (χ4n) is 5.65. The summed E-state index contributed by atoms with van der Waals surface area (Å²) in [4.78, 5) is 40.9. The summed E-state index contributed by atoms with van der Waals surface area (Å²) in [5, 5.41) is 14.9. The Bertz CT molecular complexity index is 1780. The van der Waals surface area contributed by atoms with Crippen LogP contribution in [0.3, 0.4) is 0 Å². The van der Waals surface area contributed by atoms with Crippen LogP contribution in [0.25, 0.3) is 11.3 Å². The molecule has 1 aliphatic rings. The maximum absolute atomic E-state index is 14.1. The fourth-order valence-corrected chi connectivity index (χ4v) is 5.65. The number of anilines is 1. The molecular weight excluding hydrogens is 642 g/mol. The lowest BCUT2D eigenvalue weighted by atomic mass is 9.81. The van der Waals surface area contributed by atoms with Crippen LogP contribution in [0.15, 0.2) is 79.3 Å². The molecule has 0 spiro atoms. The number of amides is 2. The van der Waals surface area contributed by atoms with Crippen molar-refractivity contribution in [1.29, 1.82) is 0 Å². The Kier molecular flexibility index (Phi) is 9.82. The van der Waals surface area contributed by atoms with Gasteiger partial charge in [0.15, 0.2) is 11.3 Å². The van der Waals surface area contributed by atoms with Gasteiger partial charge in [-0.25, -0.2) is 15.0 Å². The van der Waals surface area contributed by atoms with Gasteiger partial charge in [0.1, 0.15) is 18.6 Å². The summed E-state index contributed by atoms with van der Waals surface area (Å²) >= 11 is 0. The fraction of sp³-hybridized carbons (Fsp3) is 0.303. The summed E-state index contributed by atoms with van der Waals surface area (Å²) in [5.41, 5.74) is -3.10. The molecule has 15 heteroatoms. The molecule has 1 aliphatic heterocycles. The van der Waals surface area contributed by atoms with E-state index in [0.29, 0.717) is 25.2 Å². The molecule has 5 rings (SSSR count). The van der Waals surface area contributed by atoms with Gasteiger partial charge in [0.05, 0.1) is 5.69 Å². The lowest BCUT2D eigenvalue weighted by Crippen LogP contribution is -2.49. The third kappa shape index (κ3) is 7.63. The summed E-state index contributed by atoms with van der Waals surface area (Å²) in [6, 6.07) is 17.1.